The molecular weight excluding hydrogens is 401 g/mol. The number of amides is 1. The second-order valence-electron chi connectivity index (χ2n) is 6.72. The van der Waals surface area contributed by atoms with Crippen molar-refractivity contribution in [1.29, 1.82) is 0 Å². The van der Waals surface area contributed by atoms with Crippen LogP contribution in [0.4, 0.5) is 10.2 Å². The third-order valence-corrected chi connectivity index (χ3v) is 5.62. The van der Waals surface area contributed by atoms with E-state index in [1.165, 1.54) is 23.5 Å². The van der Waals surface area contributed by atoms with Gasteiger partial charge in [-0.3, -0.25) is 9.20 Å². The lowest BCUT2D eigenvalue weighted by atomic mass is 10.1. The minimum absolute atomic E-state index is 0.286. The predicted octanol–water partition coefficient (Wildman–Crippen LogP) is 4.95. The van der Waals surface area contributed by atoms with E-state index in [9.17, 15) is 9.18 Å². The van der Waals surface area contributed by atoms with Crippen LogP contribution in [-0.2, 0) is 0 Å². The number of nitrogens with zero attached hydrogens (tertiary/aromatic N) is 4. The van der Waals surface area contributed by atoms with Crippen LogP contribution in [0.15, 0.2) is 72.4 Å². The molecule has 0 bridgehead atoms. The molecule has 148 valence electrons. The number of rotatable bonds is 4. The molecule has 1 amide bonds. The molecule has 2 aromatic carbocycles. The van der Waals surface area contributed by atoms with Gasteiger partial charge in [0.05, 0.1) is 23.1 Å². The Balaban J connectivity index is 1.53. The minimum Gasteiger partial charge on any atom is -0.306 e. The van der Waals surface area contributed by atoms with E-state index in [0.717, 1.165) is 21.9 Å². The van der Waals surface area contributed by atoms with E-state index in [-0.39, 0.29) is 11.7 Å². The molecule has 1 N–H and O–H groups in total. The highest BCUT2D eigenvalue weighted by Gasteiger charge is 2.21. The summed E-state index contributed by atoms with van der Waals surface area (Å²) in [5, 5.41) is 9.24. The number of hydrogen-bond acceptors (Lipinski definition) is 4. The zero-order valence-corrected chi connectivity index (χ0v) is 16.7. The maximum absolute atomic E-state index is 13.4. The highest BCUT2D eigenvalue weighted by Crippen LogP contribution is 2.31. The molecule has 6 nitrogen and oxygen atoms in total. The Bertz CT molecular complexity index is 1350. The Labute approximate surface area is 175 Å². The number of imidazole rings is 1. The molecule has 3 heterocycles. The van der Waals surface area contributed by atoms with Crippen LogP contribution in [0.1, 0.15) is 16.1 Å². The zero-order valence-electron chi connectivity index (χ0n) is 15.9. The van der Waals surface area contributed by atoms with Crippen molar-refractivity contribution in [3.63, 3.8) is 0 Å². The van der Waals surface area contributed by atoms with Gasteiger partial charge >= 0.3 is 0 Å². The summed E-state index contributed by atoms with van der Waals surface area (Å²) in [6.45, 7) is 1.85. The quantitative estimate of drug-likeness (QED) is 0.450. The number of para-hydroxylation sites is 1. The van der Waals surface area contributed by atoms with Gasteiger partial charge in [-0.1, -0.05) is 18.2 Å². The molecule has 0 unspecified atom stereocenters. The van der Waals surface area contributed by atoms with Crippen molar-refractivity contribution in [2.24, 2.45) is 0 Å². The fraction of sp³-hybridized carbons (Fsp3) is 0.0455. The van der Waals surface area contributed by atoms with Crippen molar-refractivity contribution in [3.05, 3.63) is 89.4 Å². The van der Waals surface area contributed by atoms with Crippen molar-refractivity contribution >= 4 is 28.0 Å². The topological polar surface area (TPSA) is 64.2 Å². The van der Waals surface area contributed by atoms with Crippen LogP contribution in [0.25, 0.3) is 21.9 Å². The molecule has 5 aromatic rings. The van der Waals surface area contributed by atoms with Crippen LogP contribution >= 0.6 is 11.3 Å². The number of benzene rings is 2. The van der Waals surface area contributed by atoms with Crippen LogP contribution in [0.3, 0.4) is 0 Å². The largest absolute Gasteiger partial charge is 0.306 e. The van der Waals surface area contributed by atoms with Gasteiger partial charge in [-0.25, -0.2) is 14.1 Å². The van der Waals surface area contributed by atoms with Crippen LogP contribution in [0, 0.1) is 12.7 Å². The fourth-order valence-corrected chi connectivity index (χ4v) is 4.07. The monoisotopic (exact) mass is 417 g/mol. The summed E-state index contributed by atoms with van der Waals surface area (Å²) in [5.74, 6) is -0.0740. The van der Waals surface area contributed by atoms with Crippen molar-refractivity contribution in [2.45, 2.75) is 6.92 Å². The maximum Gasteiger partial charge on any atom is 0.260 e. The van der Waals surface area contributed by atoms with E-state index in [0.29, 0.717) is 17.1 Å². The van der Waals surface area contributed by atoms with E-state index in [2.05, 4.69) is 15.4 Å². The average Bonchev–Trinajstić information content (AvgIpc) is 3.45. The molecule has 3 aromatic heterocycles. The summed E-state index contributed by atoms with van der Waals surface area (Å²) in [7, 11) is 0. The van der Waals surface area contributed by atoms with Gasteiger partial charge in [-0.2, -0.15) is 5.10 Å². The van der Waals surface area contributed by atoms with Crippen molar-refractivity contribution < 1.29 is 9.18 Å². The smallest absolute Gasteiger partial charge is 0.260 e. The zero-order chi connectivity index (χ0) is 20.7. The molecular formula is C22H16FN5OS. The lowest BCUT2D eigenvalue weighted by molar-refractivity contribution is 0.102. The van der Waals surface area contributed by atoms with E-state index in [4.69, 9.17) is 0 Å². The second-order valence-corrected chi connectivity index (χ2v) is 7.59. The summed E-state index contributed by atoms with van der Waals surface area (Å²) in [5.41, 5.74) is 3.38. The van der Waals surface area contributed by atoms with Crippen molar-refractivity contribution in [1.82, 2.24) is 19.2 Å². The van der Waals surface area contributed by atoms with Gasteiger partial charge in [-0.05, 0) is 43.3 Å². The Morgan fingerprint density at radius 1 is 1.10 bits per heavy atom. The van der Waals surface area contributed by atoms with E-state index in [1.54, 1.807) is 23.0 Å². The summed E-state index contributed by atoms with van der Waals surface area (Å²) >= 11 is 1.46. The first-order valence-corrected chi connectivity index (χ1v) is 10.1. The number of carbonyl (C=O) groups excluding carboxylic acids is 1. The van der Waals surface area contributed by atoms with Gasteiger partial charge in [0, 0.05) is 17.1 Å². The van der Waals surface area contributed by atoms with Gasteiger partial charge in [0.25, 0.3) is 5.91 Å². The number of fused-ring (bicyclic) bond motifs is 1. The normalized spacial score (nSPS) is 11.1. The number of anilines is 1. The van der Waals surface area contributed by atoms with Crippen LogP contribution in [0.2, 0.25) is 0 Å². The Morgan fingerprint density at radius 3 is 2.63 bits per heavy atom. The molecule has 0 aliphatic heterocycles. The van der Waals surface area contributed by atoms with E-state index < -0.39 is 0 Å². The molecule has 0 atom stereocenters. The van der Waals surface area contributed by atoms with Crippen LogP contribution in [-0.4, -0.2) is 25.1 Å². The Morgan fingerprint density at radius 2 is 1.87 bits per heavy atom. The number of aromatic nitrogens is 4. The summed E-state index contributed by atoms with van der Waals surface area (Å²) in [6.07, 6.45) is 3.40. The number of carbonyl (C=O) groups is 1. The highest BCUT2D eigenvalue weighted by atomic mass is 32.1. The number of hydrogen-bond donors (Lipinski definition) is 1. The first-order valence-electron chi connectivity index (χ1n) is 9.25. The summed E-state index contributed by atoms with van der Waals surface area (Å²) in [6, 6.07) is 15.7. The molecule has 0 saturated heterocycles. The van der Waals surface area contributed by atoms with Gasteiger partial charge in [0.15, 0.2) is 4.96 Å². The van der Waals surface area contributed by atoms with Crippen molar-refractivity contribution in [3.8, 4) is 16.9 Å². The molecule has 8 heteroatoms. The second kappa shape index (κ2) is 7.23. The van der Waals surface area contributed by atoms with E-state index >= 15 is 0 Å². The number of nitrogens with one attached hydrogen (secondary N) is 1. The molecule has 0 radical (unpaired) electrons. The predicted molar refractivity (Wildman–Crippen MR) is 115 cm³/mol. The summed E-state index contributed by atoms with van der Waals surface area (Å²) < 4.78 is 16.9. The lowest BCUT2D eigenvalue weighted by Gasteiger charge is -2.08. The average molecular weight is 417 g/mol. The van der Waals surface area contributed by atoms with Gasteiger partial charge in [0.2, 0.25) is 0 Å². The van der Waals surface area contributed by atoms with Crippen molar-refractivity contribution in [2.75, 3.05) is 5.32 Å². The minimum atomic E-state index is -0.325. The Kier molecular flexibility index (Phi) is 4.40. The maximum atomic E-state index is 13.4. The summed E-state index contributed by atoms with van der Waals surface area (Å²) in [4.78, 5) is 18.5. The van der Waals surface area contributed by atoms with E-state index in [1.807, 2.05) is 53.2 Å². The van der Waals surface area contributed by atoms with Crippen LogP contribution < -0.4 is 5.32 Å². The molecule has 0 aliphatic rings. The van der Waals surface area contributed by atoms with Gasteiger partial charge in [0.1, 0.15) is 17.3 Å². The number of thiazole rings is 1. The Hall–Kier alpha value is -3.78. The lowest BCUT2D eigenvalue weighted by Crippen LogP contribution is -2.15. The first kappa shape index (κ1) is 18.3. The molecule has 0 aliphatic carbocycles. The third kappa shape index (κ3) is 3.07. The third-order valence-electron chi connectivity index (χ3n) is 4.87. The van der Waals surface area contributed by atoms with Crippen LogP contribution in [0.5, 0.6) is 0 Å². The standard InChI is InChI=1S/C22H16FN5OS/c1-14-18(13-24-28(14)17-5-3-2-4-6-17)21(29)26-20-19(15-7-9-16(23)10-8-15)25-22-27(20)11-12-30-22/h2-13H,1H3,(H,26,29). The molecule has 30 heavy (non-hydrogen) atoms. The highest BCUT2D eigenvalue weighted by molar-refractivity contribution is 7.15. The molecule has 0 saturated carbocycles. The first-order chi connectivity index (χ1) is 14.6. The molecule has 0 fully saturated rings. The fourth-order valence-electron chi connectivity index (χ4n) is 3.35. The number of halogens is 1. The van der Waals surface area contributed by atoms with Gasteiger partial charge < -0.3 is 5.32 Å². The van der Waals surface area contributed by atoms with Gasteiger partial charge in [-0.15, -0.1) is 11.3 Å². The molecule has 5 rings (SSSR count). The SMILES string of the molecule is Cc1c(C(=O)Nc2c(-c3ccc(F)cc3)nc3sccn23)cnn1-c1ccccc1. The molecule has 0 spiro atoms.